The van der Waals surface area contributed by atoms with Crippen LogP contribution in [0.1, 0.15) is 10.5 Å². The van der Waals surface area contributed by atoms with Gasteiger partial charge in [0.05, 0.1) is 12.9 Å². The molecule has 0 saturated heterocycles. The van der Waals surface area contributed by atoms with Crippen LogP contribution in [0.4, 0.5) is 0 Å². The molecule has 0 aliphatic rings. The van der Waals surface area contributed by atoms with Gasteiger partial charge < -0.3 is 4.74 Å². The van der Waals surface area contributed by atoms with Gasteiger partial charge in [0, 0.05) is 11.1 Å². The van der Waals surface area contributed by atoms with Crippen LogP contribution in [0.2, 0.25) is 0 Å². The van der Waals surface area contributed by atoms with Crippen molar-refractivity contribution in [2.45, 2.75) is 4.90 Å². The van der Waals surface area contributed by atoms with E-state index in [0.717, 1.165) is 10.6 Å². The molecule has 2 N–H and O–H groups in total. The molecule has 0 fully saturated rings. The first-order valence-electron chi connectivity index (χ1n) is 6.46. The predicted molar refractivity (Wildman–Crippen MR) is 83.6 cm³/mol. The van der Waals surface area contributed by atoms with E-state index in [4.69, 9.17) is 4.74 Å². The van der Waals surface area contributed by atoms with Crippen LogP contribution < -0.4 is 15.6 Å². The van der Waals surface area contributed by atoms with E-state index in [1.807, 2.05) is 24.3 Å². The molecule has 0 spiro atoms. The van der Waals surface area contributed by atoms with Crippen LogP contribution in [0.3, 0.4) is 0 Å². The zero-order valence-electron chi connectivity index (χ0n) is 11.9. The molecule has 1 aromatic heterocycles. The van der Waals surface area contributed by atoms with Crippen LogP contribution in [-0.4, -0.2) is 29.7 Å². The number of benzene rings is 1. The lowest BCUT2D eigenvalue weighted by Crippen LogP contribution is -2.42. The third-order valence-corrected chi connectivity index (χ3v) is 3.65. The monoisotopic (exact) mass is 317 g/mol. The topological polar surface area (TPSA) is 80.3 Å². The number of nitrogens with zero attached hydrogens (tertiary/aromatic N) is 1. The zero-order chi connectivity index (χ0) is 15.8. The van der Waals surface area contributed by atoms with Crippen LogP contribution >= 0.6 is 11.8 Å². The molecule has 6 nitrogen and oxygen atoms in total. The van der Waals surface area contributed by atoms with Crippen molar-refractivity contribution in [2.75, 3.05) is 12.9 Å². The highest BCUT2D eigenvalue weighted by Crippen LogP contribution is 2.20. The van der Waals surface area contributed by atoms with Gasteiger partial charge in [0.25, 0.3) is 5.91 Å². The van der Waals surface area contributed by atoms with Gasteiger partial charge in [-0.25, -0.2) is 0 Å². The number of carbonyl (C=O) groups excluding carboxylic acids is 2. The van der Waals surface area contributed by atoms with E-state index in [2.05, 4.69) is 15.8 Å². The lowest BCUT2D eigenvalue weighted by Gasteiger charge is -2.07. The summed E-state index contributed by atoms with van der Waals surface area (Å²) in [7, 11) is 1.60. The van der Waals surface area contributed by atoms with E-state index in [-0.39, 0.29) is 17.4 Å². The van der Waals surface area contributed by atoms with Crippen LogP contribution in [0.5, 0.6) is 5.75 Å². The Morgan fingerprint density at radius 1 is 1.14 bits per heavy atom. The number of pyridine rings is 1. The van der Waals surface area contributed by atoms with Gasteiger partial charge in [0.15, 0.2) is 0 Å². The lowest BCUT2D eigenvalue weighted by atomic mass is 10.3. The average molecular weight is 317 g/mol. The molecule has 1 aromatic carbocycles. The summed E-state index contributed by atoms with van der Waals surface area (Å²) in [4.78, 5) is 28.2. The Kier molecular flexibility index (Phi) is 5.79. The highest BCUT2D eigenvalue weighted by atomic mass is 32.2. The number of methoxy groups -OCH3 is 1. The van der Waals surface area contributed by atoms with Gasteiger partial charge in [-0.15, -0.1) is 11.8 Å². The molecule has 2 rings (SSSR count). The Balaban J connectivity index is 1.74. The number of carbonyl (C=O) groups is 2. The van der Waals surface area contributed by atoms with Gasteiger partial charge in [0.1, 0.15) is 11.4 Å². The predicted octanol–water partition coefficient (Wildman–Crippen LogP) is 1.64. The van der Waals surface area contributed by atoms with Crippen molar-refractivity contribution in [1.29, 1.82) is 0 Å². The van der Waals surface area contributed by atoms with Gasteiger partial charge in [-0.3, -0.25) is 25.4 Å². The normalized spacial score (nSPS) is 9.86. The minimum absolute atomic E-state index is 0.189. The molecule has 0 aliphatic carbocycles. The van der Waals surface area contributed by atoms with Gasteiger partial charge in [-0.05, 0) is 36.4 Å². The highest BCUT2D eigenvalue weighted by molar-refractivity contribution is 8.00. The van der Waals surface area contributed by atoms with Crippen molar-refractivity contribution in [3.63, 3.8) is 0 Å². The molecule has 7 heteroatoms. The van der Waals surface area contributed by atoms with Gasteiger partial charge >= 0.3 is 0 Å². The molecule has 0 saturated carbocycles. The Bertz CT molecular complexity index is 632. The zero-order valence-corrected chi connectivity index (χ0v) is 12.7. The average Bonchev–Trinajstić information content (AvgIpc) is 2.59. The Morgan fingerprint density at radius 3 is 2.55 bits per heavy atom. The molecule has 2 amide bonds. The second kappa shape index (κ2) is 8.04. The van der Waals surface area contributed by atoms with Crippen molar-refractivity contribution in [2.24, 2.45) is 0 Å². The number of ether oxygens (including phenoxy) is 1. The van der Waals surface area contributed by atoms with E-state index in [1.165, 1.54) is 18.0 Å². The number of hydrogen-bond donors (Lipinski definition) is 2. The van der Waals surface area contributed by atoms with Crippen molar-refractivity contribution in [3.8, 4) is 5.75 Å². The van der Waals surface area contributed by atoms with E-state index in [1.54, 1.807) is 25.3 Å². The van der Waals surface area contributed by atoms with Crippen LogP contribution in [0.25, 0.3) is 0 Å². The fourth-order valence-corrected chi connectivity index (χ4v) is 2.24. The maximum Gasteiger partial charge on any atom is 0.288 e. The smallest absolute Gasteiger partial charge is 0.288 e. The molecule has 22 heavy (non-hydrogen) atoms. The first-order chi connectivity index (χ1) is 10.7. The summed E-state index contributed by atoms with van der Waals surface area (Å²) < 4.78 is 5.06. The molecule has 114 valence electrons. The summed E-state index contributed by atoms with van der Waals surface area (Å²) in [6.45, 7) is 0. The summed E-state index contributed by atoms with van der Waals surface area (Å²) in [5.74, 6) is 0.194. The maximum absolute atomic E-state index is 11.7. The van der Waals surface area contributed by atoms with E-state index in [0.29, 0.717) is 0 Å². The Labute approximate surface area is 132 Å². The maximum atomic E-state index is 11.7. The number of nitrogens with one attached hydrogen (secondary N) is 2. The third-order valence-electron chi connectivity index (χ3n) is 2.64. The van der Waals surface area contributed by atoms with Crippen molar-refractivity contribution >= 4 is 23.6 Å². The fourth-order valence-electron chi connectivity index (χ4n) is 1.54. The number of hydrogen-bond acceptors (Lipinski definition) is 5. The quantitative estimate of drug-likeness (QED) is 0.647. The molecular formula is C15H15N3O3S. The summed E-state index contributed by atoms with van der Waals surface area (Å²) in [5, 5.41) is 0. The highest BCUT2D eigenvalue weighted by Gasteiger charge is 2.08. The molecule has 0 atom stereocenters. The Hall–Kier alpha value is -2.54. The van der Waals surface area contributed by atoms with Gasteiger partial charge in [-0.2, -0.15) is 0 Å². The van der Waals surface area contributed by atoms with E-state index < -0.39 is 5.91 Å². The number of hydrazine groups is 1. The number of aromatic nitrogens is 1. The largest absolute Gasteiger partial charge is 0.497 e. The molecular weight excluding hydrogens is 302 g/mol. The number of thioether (sulfide) groups is 1. The Morgan fingerprint density at radius 2 is 1.91 bits per heavy atom. The number of rotatable bonds is 5. The number of amides is 2. The third kappa shape index (κ3) is 4.78. The van der Waals surface area contributed by atoms with Gasteiger partial charge in [0.2, 0.25) is 5.91 Å². The van der Waals surface area contributed by atoms with Crippen molar-refractivity contribution in [1.82, 2.24) is 15.8 Å². The summed E-state index contributed by atoms with van der Waals surface area (Å²) in [6, 6.07) is 12.3. The molecule has 0 aliphatic heterocycles. The molecule has 0 unspecified atom stereocenters. The van der Waals surface area contributed by atoms with Gasteiger partial charge in [-0.1, -0.05) is 6.07 Å². The van der Waals surface area contributed by atoms with Crippen LogP contribution in [-0.2, 0) is 4.79 Å². The second-order valence-corrected chi connectivity index (χ2v) is 5.23. The molecule has 0 bridgehead atoms. The van der Waals surface area contributed by atoms with Crippen molar-refractivity contribution < 1.29 is 14.3 Å². The molecule has 2 aromatic rings. The summed E-state index contributed by atoms with van der Waals surface area (Å²) >= 11 is 1.36. The van der Waals surface area contributed by atoms with E-state index in [9.17, 15) is 9.59 Å². The summed E-state index contributed by atoms with van der Waals surface area (Å²) in [5.41, 5.74) is 4.91. The first-order valence-corrected chi connectivity index (χ1v) is 7.44. The van der Waals surface area contributed by atoms with Crippen molar-refractivity contribution in [3.05, 3.63) is 54.4 Å². The SMILES string of the molecule is COc1ccc(SCC(=O)NNC(=O)c2ccccn2)cc1. The van der Waals surface area contributed by atoms with Crippen LogP contribution in [0.15, 0.2) is 53.6 Å². The lowest BCUT2D eigenvalue weighted by molar-refractivity contribution is -0.119. The summed E-state index contributed by atoms with van der Waals surface area (Å²) in [6.07, 6.45) is 1.51. The molecule has 0 radical (unpaired) electrons. The fraction of sp³-hybridized carbons (Fsp3) is 0.133. The van der Waals surface area contributed by atoms with Crippen LogP contribution in [0, 0.1) is 0 Å². The minimum atomic E-state index is -0.455. The minimum Gasteiger partial charge on any atom is -0.497 e. The standard InChI is InChI=1S/C15H15N3O3S/c1-21-11-5-7-12(8-6-11)22-10-14(19)17-18-15(20)13-4-2-3-9-16-13/h2-9H,10H2,1H3,(H,17,19)(H,18,20). The first kappa shape index (κ1) is 15.8. The van der Waals surface area contributed by atoms with E-state index >= 15 is 0 Å². The second-order valence-electron chi connectivity index (χ2n) is 4.18. The molecule has 1 heterocycles.